The van der Waals surface area contributed by atoms with Gasteiger partial charge in [-0.15, -0.1) is 0 Å². The lowest BCUT2D eigenvalue weighted by atomic mass is 9.97. The third-order valence-corrected chi connectivity index (χ3v) is 5.98. The molecule has 1 atom stereocenters. The first-order valence-electron chi connectivity index (χ1n) is 11.3. The Morgan fingerprint density at radius 2 is 2.00 bits per heavy atom. The minimum absolute atomic E-state index is 0.0153. The molecule has 1 unspecified atom stereocenters. The topological polar surface area (TPSA) is 65.5 Å². The highest BCUT2D eigenvalue weighted by molar-refractivity contribution is 5.79. The summed E-state index contributed by atoms with van der Waals surface area (Å²) in [6.07, 6.45) is 10.3. The monoisotopic (exact) mass is 400 g/mol. The molecule has 1 saturated heterocycles. The van der Waals surface area contributed by atoms with Crippen molar-refractivity contribution in [3.05, 3.63) is 30.1 Å². The summed E-state index contributed by atoms with van der Waals surface area (Å²) in [4.78, 5) is 34.0. The van der Waals surface area contributed by atoms with Crippen LogP contribution in [0.2, 0.25) is 0 Å². The van der Waals surface area contributed by atoms with Gasteiger partial charge in [0.05, 0.1) is 0 Å². The van der Waals surface area contributed by atoms with Crippen LogP contribution in [0, 0.1) is 11.8 Å². The van der Waals surface area contributed by atoms with Crippen LogP contribution in [0.1, 0.15) is 57.4 Å². The van der Waals surface area contributed by atoms with E-state index in [2.05, 4.69) is 27.0 Å². The summed E-state index contributed by atoms with van der Waals surface area (Å²) in [7, 11) is 0. The molecule has 1 aliphatic carbocycles. The van der Waals surface area contributed by atoms with Crippen LogP contribution < -0.4 is 5.32 Å². The van der Waals surface area contributed by atoms with Gasteiger partial charge in [-0.25, -0.2) is 0 Å². The molecule has 29 heavy (non-hydrogen) atoms. The number of hydrogen-bond acceptors (Lipinski definition) is 4. The predicted molar refractivity (Wildman–Crippen MR) is 114 cm³/mol. The van der Waals surface area contributed by atoms with Gasteiger partial charge in [-0.1, -0.05) is 6.92 Å². The molecule has 2 amide bonds. The zero-order chi connectivity index (χ0) is 20.5. The van der Waals surface area contributed by atoms with E-state index in [-0.39, 0.29) is 11.8 Å². The maximum Gasteiger partial charge on any atom is 0.225 e. The van der Waals surface area contributed by atoms with E-state index >= 15 is 0 Å². The highest BCUT2D eigenvalue weighted by Crippen LogP contribution is 2.30. The van der Waals surface area contributed by atoms with Gasteiger partial charge in [-0.05, 0) is 68.7 Å². The zero-order valence-corrected chi connectivity index (χ0v) is 17.8. The Morgan fingerprint density at radius 3 is 2.72 bits per heavy atom. The van der Waals surface area contributed by atoms with Crippen molar-refractivity contribution in [1.29, 1.82) is 0 Å². The summed E-state index contributed by atoms with van der Waals surface area (Å²) in [5.74, 6) is 1.11. The van der Waals surface area contributed by atoms with Crippen molar-refractivity contribution in [3.63, 3.8) is 0 Å². The van der Waals surface area contributed by atoms with Crippen molar-refractivity contribution in [2.45, 2.75) is 58.4 Å². The summed E-state index contributed by atoms with van der Waals surface area (Å²) >= 11 is 0. The summed E-state index contributed by atoms with van der Waals surface area (Å²) in [5, 5.41) is 3.03. The van der Waals surface area contributed by atoms with E-state index in [1.54, 1.807) is 0 Å². The summed E-state index contributed by atoms with van der Waals surface area (Å²) in [5.41, 5.74) is 1.21. The number of amides is 2. The van der Waals surface area contributed by atoms with Crippen molar-refractivity contribution in [2.75, 3.05) is 32.7 Å². The molecule has 160 valence electrons. The first-order valence-corrected chi connectivity index (χ1v) is 11.3. The van der Waals surface area contributed by atoms with Gasteiger partial charge in [0.2, 0.25) is 11.8 Å². The first kappa shape index (κ1) is 21.8. The van der Waals surface area contributed by atoms with E-state index in [0.29, 0.717) is 24.8 Å². The Balaban J connectivity index is 1.61. The van der Waals surface area contributed by atoms with Crippen LogP contribution in [-0.2, 0) is 16.1 Å². The standard InChI is InChI=1S/C23H36N4O2/c1-2-14-27(18-19-5-6-19)23(29)21-4-3-15-26(16-10-22(28)25-13-9-21)17-20-7-11-24-12-8-20/h7-8,11-12,19,21H,2-6,9-10,13-18H2,1H3,(H,25,28). The van der Waals surface area contributed by atoms with Crippen LogP contribution in [0.4, 0.5) is 0 Å². The summed E-state index contributed by atoms with van der Waals surface area (Å²) < 4.78 is 0. The van der Waals surface area contributed by atoms with Crippen molar-refractivity contribution in [1.82, 2.24) is 20.1 Å². The molecular formula is C23H36N4O2. The molecule has 1 aromatic heterocycles. The third-order valence-electron chi connectivity index (χ3n) is 5.98. The van der Waals surface area contributed by atoms with Gasteiger partial charge in [-0.3, -0.25) is 19.5 Å². The molecule has 2 heterocycles. The minimum Gasteiger partial charge on any atom is -0.356 e. The molecule has 0 aromatic carbocycles. The number of pyridine rings is 1. The smallest absolute Gasteiger partial charge is 0.225 e. The zero-order valence-electron chi connectivity index (χ0n) is 17.8. The number of carbonyl (C=O) groups is 2. The van der Waals surface area contributed by atoms with Crippen LogP contribution in [0.3, 0.4) is 0 Å². The van der Waals surface area contributed by atoms with Gasteiger partial charge in [0.1, 0.15) is 0 Å². The molecule has 1 aromatic rings. The summed E-state index contributed by atoms with van der Waals surface area (Å²) in [6.45, 7) is 6.99. The average molecular weight is 401 g/mol. The quantitative estimate of drug-likeness (QED) is 0.764. The molecule has 1 aliphatic heterocycles. The van der Waals surface area contributed by atoms with Crippen LogP contribution in [0.5, 0.6) is 0 Å². The Kier molecular flexibility index (Phi) is 8.47. The molecule has 2 aliphatic rings. The van der Waals surface area contributed by atoms with Gasteiger partial charge in [0.15, 0.2) is 0 Å². The fourth-order valence-corrected chi connectivity index (χ4v) is 4.13. The molecular weight excluding hydrogens is 364 g/mol. The number of carbonyl (C=O) groups excluding carboxylic acids is 2. The van der Waals surface area contributed by atoms with Crippen molar-refractivity contribution in [3.8, 4) is 0 Å². The third kappa shape index (κ3) is 7.42. The molecule has 1 N–H and O–H groups in total. The molecule has 6 nitrogen and oxygen atoms in total. The van der Waals surface area contributed by atoms with E-state index in [1.165, 1.54) is 18.4 Å². The van der Waals surface area contributed by atoms with Crippen LogP contribution in [0.25, 0.3) is 0 Å². The van der Waals surface area contributed by atoms with E-state index in [4.69, 9.17) is 0 Å². The van der Waals surface area contributed by atoms with Crippen molar-refractivity contribution in [2.24, 2.45) is 11.8 Å². The van der Waals surface area contributed by atoms with E-state index in [1.807, 2.05) is 24.5 Å². The molecule has 3 rings (SSSR count). The van der Waals surface area contributed by atoms with Crippen molar-refractivity contribution < 1.29 is 9.59 Å². The largest absolute Gasteiger partial charge is 0.356 e. The maximum absolute atomic E-state index is 13.2. The average Bonchev–Trinajstić information content (AvgIpc) is 3.54. The fraction of sp³-hybridized carbons (Fsp3) is 0.696. The predicted octanol–water partition coefficient (Wildman–Crippen LogP) is 2.84. The molecule has 1 saturated carbocycles. The van der Waals surface area contributed by atoms with Gasteiger partial charge < -0.3 is 10.2 Å². The fourth-order valence-electron chi connectivity index (χ4n) is 4.13. The van der Waals surface area contributed by atoms with Crippen LogP contribution >= 0.6 is 0 Å². The molecule has 6 heteroatoms. The normalized spacial score (nSPS) is 21.8. The lowest BCUT2D eigenvalue weighted by molar-refractivity contribution is -0.136. The lowest BCUT2D eigenvalue weighted by Gasteiger charge is -2.28. The highest BCUT2D eigenvalue weighted by atomic mass is 16.2. The molecule has 0 bridgehead atoms. The van der Waals surface area contributed by atoms with E-state index in [9.17, 15) is 9.59 Å². The van der Waals surface area contributed by atoms with E-state index in [0.717, 1.165) is 58.4 Å². The lowest BCUT2D eigenvalue weighted by Crippen LogP contribution is -2.39. The number of hydrogen-bond donors (Lipinski definition) is 1. The number of aromatic nitrogens is 1. The number of nitrogens with one attached hydrogen (secondary N) is 1. The van der Waals surface area contributed by atoms with Gasteiger partial charge in [0, 0.05) is 57.5 Å². The van der Waals surface area contributed by atoms with E-state index < -0.39 is 0 Å². The second kappa shape index (κ2) is 11.3. The Hall–Kier alpha value is -1.95. The van der Waals surface area contributed by atoms with Gasteiger partial charge in [-0.2, -0.15) is 0 Å². The van der Waals surface area contributed by atoms with Gasteiger partial charge in [0.25, 0.3) is 0 Å². The number of rotatable bonds is 7. The molecule has 0 spiro atoms. The maximum atomic E-state index is 13.2. The second-order valence-electron chi connectivity index (χ2n) is 8.59. The van der Waals surface area contributed by atoms with Gasteiger partial charge >= 0.3 is 0 Å². The van der Waals surface area contributed by atoms with Crippen LogP contribution in [0.15, 0.2) is 24.5 Å². The second-order valence-corrected chi connectivity index (χ2v) is 8.59. The van der Waals surface area contributed by atoms with Crippen LogP contribution in [-0.4, -0.2) is 59.3 Å². The Morgan fingerprint density at radius 1 is 1.21 bits per heavy atom. The Bertz CT molecular complexity index is 648. The minimum atomic E-state index is 0.0153. The summed E-state index contributed by atoms with van der Waals surface area (Å²) in [6, 6.07) is 4.05. The molecule has 0 radical (unpaired) electrons. The Labute approximate surface area is 175 Å². The van der Waals surface area contributed by atoms with Crippen molar-refractivity contribution >= 4 is 11.8 Å². The number of nitrogens with zero attached hydrogens (tertiary/aromatic N) is 3. The molecule has 2 fully saturated rings. The first-order chi connectivity index (χ1) is 14.2. The SMILES string of the molecule is CCCN(CC1CC1)C(=O)C1CCCN(Cc2ccncc2)CCC(=O)NCC1. The highest BCUT2D eigenvalue weighted by Gasteiger charge is 2.30.